The van der Waals surface area contributed by atoms with Crippen molar-refractivity contribution in [2.45, 2.75) is 65.3 Å². The highest BCUT2D eigenvalue weighted by Crippen LogP contribution is 2.39. The van der Waals surface area contributed by atoms with Crippen LogP contribution in [0.3, 0.4) is 0 Å². The summed E-state index contributed by atoms with van der Waals surface area (Å²) in [6.07, 6.45) is 1.86. The molecule has 1 heterocycles. The third kappa shape index (κ3) is 5.54. The number of benzene rings is 2. The fraction of sp³-hybridized carbons (Fsp3) is 0.522. The lowest BCUT2D eigenvalue weighted by molar-refractivity contribution is 0.0577. The van der Waals surface area contributed by atoms with Gasteiger partial charge in [-0.1, -0.05) is 37.6 Å². The van der Waals surface area contributed by atoms with E-state index in [1.807, 2.05) is 45.9 Å². The van der Waals surface area contributed by atoms with Crippen molar-refractivity contribution in [3.63, 3.8) is 0 Å². The standard InChI is InChI=1S/C23H30INO4/c1-6-7-12-27-19-13-18(21(24)17-11-9-8-10-16(17)19)25(14-20-15(2)28-20)22(26)29-23(3,4)5/h8-11,13,15,20H,6-7,12,14H2,1-5H3/t15-,20-/m1/s1. The summed E-state index contributed by atoms with van der Waals surface area (Å²) < 4.78 is 18.4. The second-order valence-corrected chi connectivity index (χ2v) is 9.50. The molecule has 0 radical (unpaired) electrons. The van der Waals surface area contributed by atoms with Crippen molar-refractivity contribution in [1.29, 1.82) is 0 Å². The fourth-order valence-corrected chi connectivity index (χ4v) is 4.04. The summed E-state index contributed by atoms with van der Waals surface area (Å²) in [5.41, 5.74) is 0.224. The molecule has 0 N–H and O–H groups in total. The number of carbonyl (C=O) groups excluding carboxylic acids is 1. The van der Waals surface area contributed by atoms with E-state index >= 15 is 0 Å². The monoisotopic (exact) mass is 511 g/mol. The predicted octanol–water partition coefficient (Wildman–Crippen LogP) is 6.15. The van der Waals surface area contributed by atoms with Gasteiger partial charge in [-0.15, -0.1) is 0 Å². The third-order valence-electron chi connectivity index (χ3n) is 4.78. The highest BCUT2D eigenvalue weighted by Gasteiger charge is 2.39. The Hall–Kier alpha value is -1.54. The number of unbranched alkanes of at least 4 members (excludes halogenated alkanes) is 1. The minimum atomic E-state index is -0.575. The Kier molecular flexibility index (Phi) is 6.94. The molecule has 1 amide bonds. The van der Waals surface area contributed by atoms with Crippen LogP contribution in [0, 0.1) is 3.57 Å². The van der Waals surface area contributed by atoms with Crippen molar-refractivity contribution in [2.75, 3.05) is 18.1 Å². The molecule has 29 heavy (non-hydrogen) atoms. The summed E-state index contributed by atoms with van der Waals surface area (Å²) in [4.78, 5) is 14.8. The van der Waals surface area contributed by atoms with Crippen molar-refractivity contribution in [3.8, 4) is 5.75 Å². The van der Waals surface area contributed by atoms with E-state index in [0.717, 1.165) is 38.6 Å². The van der Waals surface area contributed by atoms with Gasteiger partial charge in [0.2, 0.25) is 0 Å². The van der Waals surface area contributed by atoms with Crippen molar-refractivity contribution in [1.82, 2.24) is 0 Å². The van der Waals surface area contributed by atoms with Gasteiger partial charge in [-0.25, -0.2) is 4.79 Å². The smallest absolute Gasteiger partial charge is 0.414 e. The van der Waals surface area contributed by atoms with Gasteiger partial charge in [0, 0.05) is 20.4 Å². The molecule has 0 bridgehead atoms. The molecule has 158 valence electrons. The molecule has 0 spiro atoms. The van der Waals surface area contributed by atoms with Gasteiger partial charge in [0.1, 0.15) is 17.5 Å². The van der Waals surface area contributed by atoms with Crippen molar-refractivity contribution >= 4 is 45.1 Å². The van der Waals surface area contributed by atoms with E-state index in [2.05, 4.69) is 41.6 Å². The Morgan fingerprint density at radius 2 is 1.90 bits per heavy atom. The van der Waals surface area contributed by atoms with Gasteiger partial charge >= 0.3 is 6.09 Å². The van der Waals surface area contributed by atoms with Crippen LogP contribution in [0.5, 0.6) is 5.75 Å². The molecule has 1 aliphatic heterocycles. The van der Waals surface area contributed by atoms with Gasteiger partial charge in [-0.3, -0.25) is 4.90 Å². The normalized spacial score (nSPS) is 18.6. The molecule has 6 heteroatoms. The van der Waals surface area contributed by atoms with E-state index in [1.165, 1.54) is 0 Å². The van der Waals surface area contributed by atoms with E-state index in [0.29, 0.717) is 13.2 Å². The molecule has 1 saturated heterocycles. The van der Waals surface area contributed by atoms with Crippen molar-refractivity contribution < 1.29 is 19.0 Å². The summed E-state index contributed by atoms with van der Waals surface area (Å²) in [6.45, 7) is 10.9. The maximum absolute atomic E-state index is 13.1. The van der Waals surface area contributed by atoms with Gasteiger partial charge < -0.3 is 14.2 Å². The van der Waals surface area contributed by atoms with Crippen LogP contribution in [0.25, 0.3) is 10.8 Å². The van der Waals surface area contributed by atoms with Crippen LogP contribution in [-0.4, -0.2) is 37.1 Å². The molecule has 0 aromatic heterocycles. The van der Waals surface area contributed by atoms with Crippen LogP contribution in [0.1, 0.15) is 47.5 Å². The van der Waals surface area contributed by atoms with E-state index < -0.39 is 5.60 Å². The number of halogens is 1. The first-order valence-corrected chi connectivity index (χ1v) is 11.3. The molecule has 0 aliphatic carbocycles. The predicted molar refractivity (Wildman–Crippen MR) is 125 cm³/mol. The van der Waals surface area contributed by atoms with Gasteiger partial charge in [0.05, 0.1) is 24.9 Å². The summed E-state index contributed by atoms with van der Waals surface area (Å²) in [5, 5.41) is 2.12. The Bertz CT molecular complexity index is 877. The largest absolute Gasteiger partial charge is 0.493 e. The number of fused-ring (bicyclic) bond motifs is 1. The Morgan fingerprint density at radius 1 is 1.24 bits per heavy atom. The zero-order chi connectivity index (χ0) is 21.2. The van der Waals surface area contributed by atoms with Crippen LogP contribution in [-0.2, 0) is 9.47 Å². The second kappa shape index (κ2) is 9.08. The number of amides is 1. The Morgan fingerprint density at radius 3 is 2.48 bits per heavy atom. The van der Waals surface area contributed by atoms with Crippen molar-refractivity contribution in [2.24, 2.45) is 0 Å². The molecule has 2 aromatic rings. The number of carbonyl (C=O) groups is 1. The summed E-state index contributed by atoms with van der Waals surface area (Å²) in [5.74, 6) is 0.794. The zero-order valence-corrected chi connectivity index (χ0v) is 20.0. The topological polar surface area (TPSA) is 51.3 Å². The molecule has 5 nitrogen and oxygen atoms in total. The van der Waals surface area contributed by atoms with Crippen molar-refractivity contribution in [3.05, 3.63) is 33.9 Å². The number of rotatable bonds is 7. The third-order valence-corrected chi connectivity index (χ3v) is 5.91. The SMILES string of the molecule is CCCCOc1cc(N(C[C@H]2O[C@@H]2C)C(=O)OC(C)(C)C)c(I)c2ccccc12. The van der Waals surface area contributed by atoms with Crippen LogP contribution in [0.4, 0.5) is 10.5 Å². The molecule has 2 atom stereocenters. The molecule has 0 saturated carbocycles. The minimum Gasteiger partial charge on any atom is -0.493 e. The minimum absolute atomic E-state index is 0.0225. The van der Waals surface area contributed by atoms with E-state index in [-0.39, 0.29) is 18.3 Å². The number of hydrogen-bond donors (Lipinski definition) is 0. The molecule has 2 aromatic carbocycles. The second-order valence-electron chi connectivity index (χ2n) is 8.43. The van der Waals surface area contributed by atoms with E-state index in [9.17, 15) is 4.79 Å². The number of ether oxygens (including phenoxy) is 3. The van der Waals surface area contributed by atoms with Crippen LogP contribution < -0.4 is 9.64 Å². The van der Waals surface area contributed by atoms with Crippen LogP contribution in [0.15, 0.2) is 30.3 Å². The zero-order valence-electron chi connectivity index (χ0n) is 17.8. The molecule has 0 unspecified atom stereocenters. The van der Waals surface area contributed by atoms with Gasteiger partial charge in [0.25, 0.3) is 0 Å². The number of epoxide rings is 1. The molecule has 1 aliphatic rings. The highest BCUT2D eigenvalue weighted by atomic mass is 127. The van der Waals surface area contributed by atoms with E-state index in [4.69, 9.17) is 14.2 Å². The van der Waals surface area contributed by atoms with Gasteiger partial charge in [-0.05, 0) is 56.7 Å². The van der Waals surface area contributed by atoms with Crippen LogP contribution >= 0.6 is 22.6 Å². The molecule has 3 rings (SSSR count). The van der Waals surface area contributed by atoms with Crippen LogP contribution in [0.2, 0.25) is 0 Å². The summed E-state index contributed by atoms with van der Waals surface area (Å²) in [6, 6.07) is 10.1. The molecular formula is C23H30INO4. The quantitative estimate of drug-likeness (QED) is 0.254. The lowest BCUT2D eigenvalue weighted by Gasteiger charge is -2.28. The Balaban J connectivity index is 2.04. The average Bonchev–Trinajstić information content (AvgIpc) is 3.35. The first kappa shape index (κ1) is 22.2. The summed E-state index contributed by atoms with van der Waals surface area (Å²) in [7, 11) is 0. The number of anilines is 1. The number of hydrogen-bond acceptors (Lipinski definition) is 4. The van der Waals surface area contributed by atoms with Gasteiger partial charge in [0.15, 0.2) is 0 Å². The van der Waals surface area contributed by atoms with E-state index in [1.54, 1.807) is 4.90 Å². The lowest BCUT2D eigenvalue weighted by Crippen LogP contribution is -2.39. The molecular weight excluding hydrogens is 481 g/mol. The number of nitrogens with zero attached hydrogens (tertiary/aromatic N) is 1. The highest BCUT2D eigenvalue weighted by molar-refractivity contribution is 14.1. The first-order chi connectivity index (χ1) is 13.7. The Labute approximate surface area is 186 Å². The molecule has 1 fully saturated rings. The maximum Gasteiger partial charge on any atom is 0.414 e. The maximum atomic E-state index is 13.1. The fourth-order valence-electron chi connectivity index (χ4n) is 3.12. The first-order valence-electron chi connectivity index (χ1n) is 10.2. The average molecular weight is 511 g/mol. The van der Waals surface area contributed by atoms with Gasteiger partial charge in [-0.2, -0.15) is 0 Å². The summed E-state index contributed by atoms with van der Waals surface area (Å²) >= 11 is 2.31. The lowest BCUT2D eigenvalue weighted by atomic mass is 10.1.